The summed E-state index contributed by atoms with van der Waals surface area (Å²) in [6.07, 6.45) is 1.37. The summed E-state index contributed by atoms with van der Waals surface area (Å²) in [4.78, 5) is 28.0. The Hall–Kier alpha value is -2.64. The second kappa shape index (κ2) is 11.9. The predicted octanol–water partition coefficient (Wildman–Crippen LogP) is 4.25. The largest absolute Gasteiger partial charge is 0.350 e. The second-order valence-corrected chi connectivity index (χ2v) is 9.78. The summed E-state index contributed by atoms with van der Waals surface area (Å²) in [5, 5.41) is 12.9. The highest BCUT2D eigenvalue weighted by Gasteiger charge is 2.30. The van der Waals surface area contributed by atoms with Crippen LogP contribution in [0.4, 0.5) is 0 Å². The van der Waals surface area contributed by atoms with E-state index in [2.05, 4.69) is 16.0 Å². The van der Waals surface area contributed by atoms with Gasteiger partial charge in [-0.1, -0.05) is 53.5 Å². The number of hydrogen-bond acceptors (Lipinski definition) is 4. The molecular formula is C27H30Cl2N4O2. The van der Waals surface area contributed by atoms with Crippen molar-refractivity contribution >= 4 is 45.8 Å². The van der Waals surface area contributed by atoms with E-state index in [0.717, 1.165) is 16.3 Å². The fourth-order valence-electron chi connectivity index (χ4n) is 4.47. The van der Waals surface area contributed by atoms with Crippen LogP contribution in [0.5, 0.6) is 0 Å². The summed E-state index contributed by atoms with van der Waals surface area (Å²) in [5.41, 5.74) is 1.52. The molecule has 0 saturated carbocycles. The molecule has 0 radical (unpaired) electrons. The van der Waals surface area contributed by atoms with Gasteiger partial charge < -0.3 is 20.9 Å². The molecule has 1 aliphatic rings. The van der Waals surface area contributed by atoms with Crippen molar-refractivity contribution in [3.63, 3.8) is 0 Å². The van der Waals surface area contributed by atoms with E-state index in [4.69, 9.17) is 23.2 Å². The fraction of sp³-hybridized carbons (Fsp3) is 0.333. The van der Waals surface area contributed by atoms with Crippen LogP contribution in [0.15, 0.2) is 60.7 Å². The smallest absolute Gasteiger partial charge is 0.251 e. The third-order valence-corrected chi connectivity index (χ3v) is 6.73. The fourth-order valence-corrected chi connectivity index (χ4v) is 5.04. The highest BCUT2D eigenvalue weighted by molar-refractivity contribution is 6.34. The number of nitrogens with one attached hydrogen (secondary N) is 3. The van der Waals surface area contributed by atoms with E-state index in [-0.39, 0.29) is 23.9 Å². The van der Waals surface area contributed by atoms with Crippen LogP contribution in [0.25, 0.3) is 10.8 Å². The highest BCUT2D eigenvalue weighted by atomic mass is 35.5. The first-order chi connectivity index (χ1) is 16.9. The van der Waals surface area contributed by atoms with Gasteiger partial charge in [-0.15, -0.1) is 0 Å². The molecule has 35 heavy (non-hydrogen) atoms. The van der Waals surface area contributed by atoms with Gasteiger partial charge >= 0.3 is 0 Å². The lowest BCUT2D eigenvalue weighted by atomic mass is 10.1. The average Bonchev–Trinajstić information content (AvgIpc) is 2.99. The molecule has 3 aromatic carbocycles. The predicted molar refractivity (Wildman–Crippen MR) is 142 cm³/mol. The molecule has 2 amide bonds. The molecule has 0 aromatic heterocycles. The average molecular weight is 513 g/mol. The van der Waals surface area contributed by atoms with Crippen LogP contribution in [0.3, 0.4) is 0 Å². The maximum atomic E-state index is 13.3. The van der Waals surface area contributed by atoms with Crippen LogP contribution in [-0.2, 0) is 11.3 Å². The molecule has 8 heteroatoms. The quantitative estimate of drug-likeness (QED) is 0.421. The van der Waals surface area contributed by atoms with Crippen LogP contribution in [0.1, 0.15) is 28.8 Å². The summed E-state index contributed by atoms with van der Waals surface area (Å²) in [6.45, 7) is 2.15. The molecule has 3 N–H and O–H groups in total. The molecule has 1 fully saturated rings. The Morgan fingerprint density at radius 3 is 2.54 bits per heavy atom. The third kappa shape index (κ3) is 6.73. The topological polar surface area (TPSA) is 73.5 Å². The summed E-state index contributed by atoms with van der Waals surface area (Å²) >= 11 is 12.3. The first-order valence-corrected chi connectivity index (χ1v) is 12.6. The molecular weight excluding hydrogens is 483 g/mol. The lowest BCUT2D eigenvalue weighted by Gasteiger charge is -2.25. The Balaban J connectivity index is 1.43. The summed E-state index contributed by atoms with van der Waals surface area (Å²) in [6, 6.07) is 18.7. The van der Waals surface area contributed by atoms with Crippen molar-refractivity contribution in [1.29, 1.82) is 0 Å². The van der Waals surface area contributed by atoms with Gasteiger partial charge in [0.05, 0.1) is 6.04 Å². The molecule has 2 unspecified atom stereocenters. The minimum atomic E-state index is -0.345. The third-order valence-electron chi connectivity index (χ3n) is 6.29. The Morgan fingerprint density at radius 1 is 1.06 bits per heavy atom. The Labute approximate surface area is 216 Å². The maximum Gasteiger partial charge on any atom is 0.251 e. The maximum absolute atomic E-state index is 13.3. The van der Waals surface area contributed by atoms with Crippen molar-refractivity contribution in [2.75, 3.05) is 26.7 Å². The number of carbonyl (C=O) groups excluding carboxylic acids is 2. The lowest BCUT2D eigenvalue weighted by Crippen LogP contribution is -2.49. The number of hydrogen-bond donors (Lipinski definition) is 3. The molecule has 4 rings (SSSR count). The van der Waals surface area contributed by atoms with Gasteiger partial charge in [0.15, 0.2) is 0 Å². The minimum Gasteiger partial charge on any atom is -0.350 e. The monoisotopic (exact) mass is 512 g/mol. The molecule has 0 bridgehead atoms. The number of fused-ring (bicyclic) bond motifs is 1. The van der Waals surface area contributed by atoms with Crippen LogP contribution in [0.2, 0.25) is 10.0 Å². The number of rotatable bonds is 8. The number of halogens is 2. The first-order valence-electron chi connectivity index (χ1n) is 11.8. The molecule has 0 aliphatic carbocycles. The van der Waals surface area contributed by atoms with Gasteiger partial charge in [-0.25, -0.2) is 0 Å². The van der Waals surface area contributed by atoms with Crippen molar-refractivity contribution in [2.45, 2.75) is 31.5 Å². The lowest BCUT2D eigenvalue weighted by molar-refractivity contribution is -0.133. The first kappa shape index (κ1) is 25.5. The summed E-state index contributed by atoms with van der Waals surface area (Å²) in [5.74, 6) is -0.0787. The van der Waals surface area contributed by atoms with Gasteiger partial charge in [0, 0.05) is 41.3 Å². The summed E-state index contributed by atoms with van der Waals surface area (Å²) in [7, 11) is 1.87. The SMILES string of the molecule is CNCCC1NC(CNC(=O)c2ccc3ccccc3c2)CCN(Cc2cc(Cl)cc(Cl)c2)C1=O. The molecule has 6 nitrogen and oxygen atoms in total. The molecule has 1 heterocycles. The Morgan fingerprint density at radius 2 is 1.80 bits per heavy atom. The van der Waals surface area contributed by atoms with Gasteiger partial charge in [0.2, 0.25) is 5.91 Å². The van der Waals surface area contributed by atoms with E-state index >= 15 is 0 Å². The zero-order valence-electron chi connectivity index (χ0n) is 19.7. The van der Waals surface area contributed by atoms with Crippen molar-refractivity contribution in [1.82, 2.24) is 20.9 Å². The number of nitrogens with zero attached hydrogens (tertiary/aromatic N) is 1. The van der Waals surface area contributed by atoms with E-state index in [9.17, 15) is 9.59 Å². The molecule has 1 aliphatic heterocycles. The molecule has 1 saturated heterocycles. The number of benzene rings is 3. The van der Waals surface area contributed by atoms with Gasteiger partial charge in [0.25, 0.3) is 5.91 Å². The van der Waals surface area contributed by atoms with Gasteiger partial charge in [-0.05, 0) is 73.1 Å². The van der Waals surface area contributed by atoms with Gasteiger partial charge in [0.1, 0.15) is 0 Å². The van der Waals surface area contributed by atoms with Gasteiger partial charge in [-0.3, -0.25) is 9.59 Å². The molecule has 184 valence electrons. The molecule has 0 spiro atoms. The highest BCUT2D eigenvalue weighted by Crippen LogP contribution is 2.22. The van der Waals surface area contributed by atoms with Crippen molar-refractivity contribution < 1.29 is 9.59 Å². The van der Waals surface area contributed by atoms with Crippen LogP contribution < -0.4 is 16.0 Å². The zero-order valence-corrected chi connectivity index (χ0v) is 21.2. The van der Waals surface area contributed by atoms with Crippen molar-refractivity contribution in [3.05, 3.63) is 81.8 Å². The number of amides is 2. The van der Waals surface area contributed by atoms with E-state index in [1.807, 2.05) is 66.5 Å². The van der Waals surface area contributed by atoms with E-state index in [1.165, 1.54) is 0 Å². The zero-order chi connectivity index (χ0) is 24.8. The minimum absolute atomic E-state index is 0.0295. The van der Waals surface area contributed by atoms with Crippen LogP contribution >= 0.6 is 23.2 Å². The van der Waals surface area contributed by atoms with Crippen molar-refractivity contribution in [2.24, 2.45) is 0 Å². The molecule has 2 atom stereocenters. The Bertz CT molecular complexity index is 1180. The molecule has 3 aromatic rings. The normalized spacial score (nSPS) is 18.5. The summed E-state index contributed by atoms with van der Waals surface area (Å²) < 4.78 is 0. The second-order valence-electron chi connectivity index (χ2n) is 8.91. The van der Waals surface area contributed by atoms with Crippen LogP contribution in [-0.4, -0.2) is 55.5 Å². The van der Waals surface area contributed by atoms with Gasteiger partial charge in [-0.2, -0.15) is 0 Å². The van der Waals surface area contributed by atoms with E-state index in [0.29, 0.717) is 54.6 Å². The van der Waals surface area contributed by atoms with E-state index in [1.54, 1.807) is 6.07 Å². The van der Waals surface area contributed by atoms with Crippen molar-refractivity contribution in [3.8, 4) is 0 Å². The number of carbonyl (C=O) groups is 2. The Kier molecular flexibility index (Phi) is 8.63. The van der Waals surface area contributed by atoms with E-state index < -0.39 is 0 Å². The van der Waals surface area contributed by atoms with Crippen LogP contribution in [0, 0.1) is 0 Å². The standard InChI is InChI=1S/C27H30Cl2N4O2/c1-30-10-8-25-27(35)33(17-18-12-22(28)15-23(29)13-18)11-9-24(32-25)16-31-26(34)21-7-6-19-4-2-3-5-20(19)14-21/h2-7,12-15,24-25,30,32H,8-11,16-17H2,1H3,(H,31,34).